The average Bonchev–Trinajstić information content (AvgIpc) is 2.89. The zero-order valence-electron chi connectivity index (χ0n) is 15.2. The van der Waals surface area contributed by atoms with E-state index in [4.69, 9.17) is 0 Å². The van der Waals surface area contributed by atoms with Gasteiger partial charge in [0, 0.05) is 12.8 Å². The van der Waals surface area contributed by atoms with Gasteiger partial charge in [0.15, 0.2) is 0 Å². The molecule has 0 spiro atoms. The monoisotopic (exact) mass is 314 g/mol. The fourth-order valence-corrected chi connectivity index (χ4v) is 7.08. The molecule has 0 bridgehead atoms. The van der Waals surface area contributed by atoms with Crippen molar-refractivity contribution in [1.82, 2.24) is 0 Å². The second kappa shape index (κ2) is 6.05. The Morgan fingerprint density at radius 2 is 1.96 bits per heavy atom. The van der Waals surface area contributed by atoms with Gasteiger partial charge in [-0.25, -0.2) is 0 Å². The molecule has 1 heteroatoms. The topological polar surface area (TPSA) is 17.1 Å². The van der Waals surface area contributed by atoms with Gasteiger partial charge in [0.25, 0.3) is 0 Å². The lowest BCUT2D eigenvalue weighted by Crippen LogP contribution is -2.44. The number of carbonyl (C=O) groups is 1. The molecule has 0 aromatic carbocycles. The minimum Gasteiger partial charge on any atom is -0.299 e. The van der Waals surface area contributed by atoms with Gasteiger partial charge in [-0.2, -0.15) is 0 Å². The summed E-state index contributed by atoms with van der Waals surface area (Å²) in [5, 5.41) is 0. The first kappa shape index (κ1) is 15.9. The number of ketones is 1. The van der Waals surface area contributed by atoms with E-state index in [9.17, 15) is 4.79 Å². The van der Waals surface area contributed by atoms with Crippen molar-refractivity contribution in [1.29, 1.82) is 0 Å². The molecule has 0 saturated heterocycles. The third-order valence-corrected chi connectivity index (χ3v) is 8.30. The fraction of sp³-hybridized carbons (Fsp3) is 0.864. The van der Waals surface area contributed by atoms with Gasteiger partial charge in [0.1, 0.15) is 5.78 Å². The number of hydrogen-bond donors (Lipinski definition) is 0. The second-order valence-corrected chi connectivity index (χ2v) is 9.22. The van der Waals surface area contributed by atoms with Crippen molar-refractivity contribution in [2.24, 2.45) is 29.1 Å². The summed E-state index contributed by atoms with van der Waals surface area (Å²) in [7, 11) is 0. The first-order chi connectivity index (χ1) is 11.1. The Bertz CT molecular complexity index is 516. The van der Waals surface area contributed by atoms with Crippen LogP contribution >= 0.6 is 0 Å². The standard InChI is InChI=1S/C22H34O/c1-3-4-5-16-7-11-21-20-9-6-15-14-17(23)8-10-18(15)19(20)12-13-22(16,21)2/h16,19-21H,3-14H2,1-2H3/t16-,19+,20+,21-,22+/m0/s1. The molecule has 4 aliphatic rings. The van der Waals surface area contributed by atoms with E-state index in [1.807, 2.05) is 0 Å². The SMILES string of the molecule is CCCC[C@H]1CC[C@H]2[C@@H]3CCC4=C(CCC(=O)C4)[C@H]3CC[C@]12C. The van der Waals surface area contributed by atoms with E-state index in [-0.39, 0.29) is 0 Å². The Morgan fingerprint density at radius 1 is 1.09 bits per heavy atom. The van der Waals surface area contributed by atoms with Crippen LogP contribution in [0.3, 0.4) is 0 Å². The predicted octanol–water partition coefficient (Wildman–Crippen LogP) is 6.08. The highest BCUT2D eigenvalue weighted by atomic mass is 16.1. The largest absolute Gasteiger partial charge is 0.299 e. The molecule has 23 heavy (non-hydrogen) atoms. The number of rotatable bonds is 3. The van der Waals surface area contributed by atoms with Crippen LogP contribution < -0.4 is 0 Å². The molecule has 5 atom stereocenters. The van der Waals surface area contributed by atoms with Gasteiger partial charge in [-0.1, -0.05) is 37.8 Å². The highest BCUT2D eigenvalue weighted by Gasteiger charge is 2.54. The minimum absolute atomic E-state index is 0.503. The maximum atomic E-state index is 11.8. The van der Waals surface area contributed by atoms with Crippen LogP contribution in [0.15, 0.2) is 11.1 Å². The van der Waals surface area contributed by atoms with E-state index in [1.54, 1.807) is 11.1 Å². The van der Waals surface area contributed by atoms with Crippen molar-refractivity contribution in [2.75, 3.05) is 0 Å². The molecule has 0 aliphatic heterocycles. The molecular weight excluding hydrogens is 280 g/mol. The van der Waals surface area contributed by atoms with E-state index in [0.717, 1.165) is 42.9 Å². The van der Waals surface area contributed by atoms with Gasteiger partial charge in [0.05, 0.1) is 0 Å². The van der Waals surface area contributed by atoms with Crippen molar-refractivity contribution >= 4 is 5.78 Å². The molecule has 4 aliphatic carbocycles. The Balaban J connectivity index is 1.55. The number of carbonyl (C=O) groups excluding carboxylic acids is 1. The minimum atomic E-state index is 0.503. The van der Waals surface area contributed by atoms with Crippen LogP contribution in [0.4, 0.5) is 0 Å². The summed E-state index contributed by atoms with van der Waals surface area (Å²) in [5.41, 5.74) is 3.98. The summed E-state index contributed by atoms with van der Waals surface area (Å²) >= 11 is 0. The Kier molecular flexibility index (Phi) is 4.18. The number of unbranched alkanes of at least 4 members (excludes halogenated alkanes) is 1. The highest BCUT2D eigenvalue weighted by molar-refractivity contribution is 5.82. The van der Waals surface area contributed by atoms with Crippen LogP contribution in [0.25, 0.3) is 0 Å². The molecular formula is C22H34O. The lowest BCUT2D eigenvalue weighted by Gasteiger charge is -2.52. The first-order valence-corrected chi connectivity index (χ1v) is 10.4. The molecule has 0 amide bonds. The zero-order chi connectivity index (χ0) is 16.0. The Hall–Kier alpha value is -0.590. The number of Topliss-reactive ketones (excluding diaryl/α,β-unsaturated/α-hetero) is 1. The lowest BCUT2D eigenvalue weighted by molar-refractivity contribution is -0.119. The van der Waals surface area contributed by atoms with Gasteiger partial charge < -0.3 is 0 Å². The fourth-order valence-electron chi connectivity index (χ4n) is 7.08. The molecule has 1 nitrogen and oxygen atoms in total. The summed E-state index contributed by atoms with van der Waals surface area (Å²) in [6.07, 6.45) is 15.5. The first-order valence-electron chi connectivity index (χ1n) is 10.4. The van der Waals surface area contributed by atoms with Crippen LogP contribution in [0, 0.1) is 29.1 Å². The summed E-state index contributed by atoms with van der Waals surface area (Å²) in [6, 6.07) is 0. The normalized spacial score (nSPS) is 43.1. The van der Waals surface area contributed by atoms with Crippen LogP contribution in [-0.4, -0.2) is 5.78 Å². The maximum absolute atomic E-state index is 11.8. The maximum Gasteiger partial charge on any atom is 0.137 e. The van der Waals surface area contributed by atoms with Crippen LogP contribution in [0.5, 0.6) is 0 Å². The van der Waals surface area contributed by atoms with Gasteiger partial charge in [-0.05, 0) is 80.5 Å². The molecule has 0 radical (unpaired) electrons. The van der Waals surface area contributed by atoms with Crippen LogP contribution in [0.1, 0.15) is 90.9 Å². The lowest BCUT2D eigenvalue weighted by atomic mass is 9.53. The van der Waals surface area contributed by atoms with Crippen molar-refractivity contribution in [3.63, 3.8) is 0 Å². The molecule has 0 aromatic heterocycles. The van der Waals surface area contributed by atoms with Gasteiger partial charge in [0.2, 0.25) is 0 Å². The van der Waals surface area contributed by atoms with Crippen molar-refractivity contribution in [2.45, 2.75) is 90.9 Å². The summed E-state index contributed by atoms with van der Waals surface area (Å²) in [5.74, 6) is 4.29. The quantitative estimate of drug-likeness (QED) is 0.577. The van der Waals surface area contributed by atoms with E-state index in [1.165, 1.54) is 57.8 Å². The molecule has 0 aromatic rings. The molecule has 0 N–H and O–H groups in total. The van der Waals surface area contributed by atoms with Crippen LogP contribution in [-0.2, 0) is 4.79 Å². The van der Waals surface area contributed by atoms with Crippen molar-refractivity contribution in [3.05, 3.63) is 11.1 Å². The van der Waals surface area contributed by atoms with Gasteiger partial charge in [-0.15, -0.1) is 0 Å². The summed E-state index contributed by atoms with van der Waals surface area (Å²) in [6.45, 7) is 4.99. The Labute approximate surface area is 142 Å². The summed E-state index contributed by atoms with van der Waals surface area (Å²) in [4.78, 5) is 11.8. The van der Waals surface area contributed by atoms with Crippen LogP contribution in [0.2, 0.25) is 0 Å². The molecule has 2 saturated carbocycles. The number of allylic oxidation sites excluding steroid dienone is 2. The molecule has 2 fully saturated rings. The molecule has 0 unspecified atom stereocenters. The molecule has 0 heterocycles. The van der Waals surface area contributed by atoms with E-state index >= 15 is 0 Å². The van der Waals surface area contributed by atoms with Gasteiger partial charge >= 0.3 is 0 Å². The number of hydrogen-bond acceptors (Lipinski definition) is 1. The van der Waals surface area contributed by atoms with Crippen molar-refractivity contribution < 1.29 is 4.79 Å². The van der Waals surface area contributed by atoms with E-state index < -0.39 is 0 Å². The summed E-state index contributed by atoms with van der Waals surface area (Å²) < 4.78 is 0. The van der Waals surface area contributed by atoms with E-state index in [2.05, 4.69) is 13.8 Å². The predicted molar refractivity (Wildman–Crippen MR) is 95.2 cm³/mol. The van der Waals surface area contributed by atoms with Gasteiger partial charge in [-0.3, -0.25) is 4.79 Å². The average molecular weight is 315 g/mol. The third-order valence-electron chi connectivity index (χ3n) is 8.30. The zero-order valence-corrected chi connectivity index (χ0v) is 15.2. The highest BCUT2D eigenvalue weighted by Crippen LogP contribution is 2.63. The van der Waals surface area contributed by atoms with E-state index in [0.29, 0.717) is 11.2 Å². The second-order valence-electron chi connectivity index (χ2n) is 9.22. The molecule has 4 rings (SSSR count). The molecule has 128 valence electrons. The smallest absolute Gasteiger partial charge is 0.137 e. The van der Waals surface area contributed by atoms with Crippen molar-refractivity contribution in [3.8, 4) is 0 Å². The number of fused-ring (bicyclic) bond motifs is 4. The Morgan fingerprint density at radius 3 is 2.78 bits per heavy atom. The third kappa shape index (κ3) is 2.53.